The van der Waals surface area contributed by atoms with Gasteiger partial charge in [-0.1, -0.05) is 6.07 Å². The molecule has 2 rings (SSSR count). The molecule has 0 saturated heterocycles. The van der Waals surface area contributed by atoms with Crippen molar-refractivity contribution in [3.05, 3.63) is 47.7 Å². The molecule has 0 aliphatic carbocycles. The van der Waals surface area contributed by atoms with Crippen molar-refractivity contribution in [2.24, 2.45) is 0 Å². The van der Waals surface area contributed by atoms with E-state index in [-0.39, 0.29) is 10.5 Å². The maximum absolute atomic E-state index is 12.4. The fourth-order valence-electron chi connectivity index (χ4n) is 2.25. The Hall–Kier alpha value is -2.98. The number of aromatic nitrogens is 1. The van der Waals surface area contributed by atoms with Crippen molar-refractivity contribution in [3.8, 4) is 5.88 Å². The van der Waals surface area contributed by atoms with Crippen molar-refractivity contribution < 1.29 is 27.5 Å². The number of pyridine rings is 1. The van der Waals surface area contributed by atoms with E-state index in [4.69, 9.17) is 9.47 Å². The van der Waals surface area contributed by atoms with Gasteiger partial charge in [-0.05, 0) is 37.6 Å². The van der Waals surface area contributed by atoms with E-state index in [1.807, 2.05) is 0 Å². The Morgan fingerprint density at radius 2 is 1.86 bits per heavy atom. The van der Waals surface area contributed by atoms with Crippen molar-refractivity contribution in [1.29, 1.82) is 0 Å². The minimum atomic E-state index is -3.65. The topological polar surface area (TPSA) is 115 Å². The normalized spacial score (nSPS) is 12.3. The van der Waals surface area contributed by atoms with Crippen LogP contribution in [0.4, 0.5) is 5.69 Å². The van der Waals surface area contributed by atoms with Gasteiger partial charge in [-0.15, -0.1) is 0 Å². The van der Waals surface area contributed by atoms with Gasteiger partial charge >= 0.3 is 5.97 Å². The average Bonchev–Trinajstić information content (AvgIpc) is 2.69. The van der Waals surface area contributed by atoms with E-state index < -0.39 is 28.0 Å². The number of anilines is 1. The minimum Gasteiger partial charge on any atom is -0.481 e. The molecule has 1 aromatic carbocycles. The number of carbonyl (C=O) groups excluding carboxylic acids is 2. The summed E-state index contributed by atoms with van der Waals surface area (Å²) in [6.07, 6.45) is 0.170. The Morgan fingerprint density at radius 3 is 2.41 bits per heavy atom. The van der Waals surface area contributed by atoms with Crippen LogP contribution >= 0.6 is 0 Å². The Morgan fingerprint density at radius 1 is 1.17 bits per heavy atom. The molecule has 0 spiro atoms. The summed E-state index contributed by atoms with van der Waals surface area (Å²) in [5.74, 6) is -0.971. The first-order chi connectivity index (χ1) is 13.6. The molecule has 1 heterocycles. The van der Waals surface area contributed by atoms with Gasteiger partial charge < -0.3 is 14.8 Å². The van der Waals surface area contributed by atoms with Crippen LogP contribution in [0.5, 0.6) is 5.88 Å². The predicted molar refractivity (Wildman–Crippen MR) is 106 cm³/mol. The molecule has 0 fully saturated rings. The molecule has 1 aromatic heterocycles. The quantitative estimate of drug-likeness (QED) is 0.678. The lowest BCUT2D eigenvalue weighted by Gasteiger charge is -2.17. The number of hydrogen-bond donors (Lipinski definition) is 1. The molecule has 0 aliphatic rings. The second-order valence-corrected chi connectivity index (χ2v) is 8.54. The van der Waals surface area contributed by atoms with Gasteiger partial charge in [0.15, 0.2) is 6.10 Å². The third-order valence-electron chi connectivity index (χ3n) is 4.08. The van der Waals surface area contributed by atoms with Crippen molar-refractivity contribution in [2.45, 2.75) is 24.8 Å². The van der Waals surface area contributed by atoms with Crippen molar-refractivity contribution in [1.82, 2.24) is 9.29 Å². The van der Waals surface area contributed by atoms with Gasteiger partial charge in [0.1, 0.15) is 0 Å². The molecule has 1 atom stereocenters. The SMILES string of the molecule is COc1ccc(C(=O)OC(C)C(=O)Nc2cc(S(=O)(=O)N(C)C)ccc2C)cn1. The van der Waals surface area contributed by atoms with E-state index in [2.05, 4.69) is 10.3 Å². The molecular formula is C19H23N3O6S. The molecule has 9 nitrogen and oxygen atoms in total. The summed E-state index contributed by atoms with van der Waals surface area (Å²) in [5, 5.41) is 2.60. The highest BCUT2D eigenvalue weighted by Gasteiger charge is 2.22. The molecule has 2 aromatic rings. The number of methoxy groups -OCH3 is 1. The number of carbonyl (C=O) groups is 2. The van der Waals surface area contributed by atoms with Gasteiger partial charge in [0.05, 0.1) is 17.6 Å². The second-order valence-electron chi connectivity index (χ2n) is 6.39. The van der Waals surface area contributed by atoms with Crippen LogP contribution in [0, 0.1) is 6.92 Å². The number of hydrogen-bond acceptors (Lipinski definition) is 7. The van der Waals surface area contributed by atoms with E-state index in [1.54, 1.807) is 13.0 Å². The first-order valence-corrected chi connectivity index (χ1v) is 10.1. The van der Waals surface area contributed by atoms with E-state index in [0.717, 1.165) is 4.31 Å². The number of rotatable bonds is 7. The molecule has 0 bridgehead atoms. The highest BCUT2D eigenvalue weighted by atomic mass is 32.2. The lowest BCUT2D eigenvalue weighted by atomic mass is 10.2. The molecule has 1 amide bonds. The van der Waals surface area contributed by atoms with Crippen molar-refractivity contribution >= 4 is 27.6 Å². The van der Waals surface area contributed by atoms with Crippen LogP contribution in [0.2, 0.25) is 0 Å². The molecule has 0 saturated carbocycles. The maximum Gasteiger partial charge on any atom is 0.340 e. The number of ether oxygens (including phenoxy) is 2. The highest BCUT2D eigenvalue weighted by Crippen LogP contribution is 2.22. The van der Waals surface area contributed by atoms with Crippen LogP contribution in [0.15, 0.2) is 41.4 Å². The zero-order chi connectivity index (χ0) is 21.8. The molecule has 10 heteroatoms. The monoisotopic (exact) mass is 421 g/mol. The van der Waals surface area contributed by atoms with Crippen LogP contribution in [0.3, 0.4) is 0 Å². The molecule has 29 heavy (non-hydrogen) atoms. The van der Waals surface area contributed by atoms with Gasteiger partial charge in [0, 0.05) is 32.0 Å². The van der Waals surface area contributed by atoms with Crippen LogP contribution < -0.4 is 10.1 Å². The average molecular weight is 421 g/mol. The van der Waals surface area contributed by atoms with E-state index >= 15 is 0 Å². The zero-order valence-electron chi connectivity index (χ0n) is 16.8. The maximum atomic E-state index is 12.4. The third kappa shape index (κ3) is 5.30. The Labute approximate surface area is 169 Å². The number of sulfonamides is 1. The smallest absolute Gasteiger partial charge is 0.340 e. The summed E-state index contributed by atoms with van der Waals surface area (Å²) >= 11 is 0. The van der Waals surface area contributed by atoms with Crippen LogP contribution in [0.1, 0.15) is 22.8 Å². The van der Waals surface area contributed by atoms with Gasteiger partial charge in [0.25, 0.3) is 5.91 Å². The Bertz CT molecular complexity index is 1000. The first-order valence-electron chi connectivity index (χ1n) is 8.61. The fraction of sp³-hybridized carbons (Fsp3) is 0.316. The summed E-state index contributed by atoms with van der Waals surface area (Å²) in [6.45, 7) is 3.14. The van der Waals surface area contributed by atoms with Crippen LogP contribution in [-0.2, 0) is 19.6 Å². The number of esters is 1. The standard InChI is InChI=1S/C19H23N3O6S/c1-12-6-8-15(29(25,26)22(3)4)10-16(12)21-18(23)13(2)28-19(24)14-7-9-17(27-5)20-11-14/h6-11,13H,1-5H3,(H,21,23). The zero-order valence-corrected chi connectivity index (χ0v) is 17.6. The number of amides is 1. The number of nitrogens with zero attached hydrogens (tertiary/aromatic N) is 2. The lowest BCUT2D eigenvalue weighted by Crippen LogP contribution is -2.30. The van der Waals surface area contributed by atoms with Gasteiger partial charge in [-0.3, -0.25) is 4.79 Å². The fourth-order valence-corrected chi connectivity index (χ4v) is 3.17. The summed E-state index contributed by atoms with van der Waals surface area (Å²) in [6, 6.07) is 7.39. The van der Waals surface area contributed by atoms with Gasteiger partial charge in [-0.2, -0.15) is 0 Å². The summed E-state index contributed by atoms with van der Waals surface area (Å²) in [7, 11) is 0.638. The van der Waals surface area contributed by atoms with Crippen molar-refractivity contribution in [3.63, 3.8) is 0 Å². The van der Waals surface area contributed by atoms with E-state index in [9.17, 15) is 18.0 Å². The largest absolute Gasteiger partial charge is 0.481 e. The van der Waals surface area contributed by atoms with Crippen LogP contribution in [0.25, 0.3) is 0 Å². The summed E-state index contributed by atoms with van der Waals surface area (Å²) in [5.41, 5.74) is 1.14. The molecule has 1 N–H and O–H groups in total. The lowest BCUT2D eigenvalue weighted by molar-refractivity contribution is -0.123. The number of nitrogens with one attached hydrogen (secondary N) is 1. The molecular weight excluding hydrogens is 398 g/mol. The number of aryl methyl sites for hydroxylation is 1. The van der Waals surface area contributed by atoms with Crippen LogP contribution in [-0.4, -0.2) is 56.9 Å². The first kappa shape index (κ1) is 22.3. The highest BCUT2D eigenvalue weighted by molar-refractivity contribution is 7.89. The Kier molecular flexibility index (Phi) is 6.93. The molecule has 0 aliphatic heterocycles. The molecule has 0 radical (unpaired) electrons. The summed E-state index contributed by atoms with van der Waals surface area (Å²) in [4.78, 5) is 28.6. The van der Waals surface area contributed by atoms with Gasteiger partial charge in [0.2, 0.25) is 15.9 Å². The van der Waals surface area contributed by atoms with E-state index in [1.165, 1.54) is 58.6 Å². The predicted octanol–water partition coefficient (Wildman–Crippen LogP) is 1.83. The molecule has 156 valence electrons. The number of benzene rings is 1. The van der Waals surface area contributed by atoms with Crippen molar-refractivity contribution in [2.75, 3.05) is 26.5 Å². The minimum absolute atomic E-state index is 0.0392. The third-order valence-corrected chi connectivity index (χ3v) is 5.89. The molecule has 1 unspecified atom stereocenters. The van der Waals surface area contributed by atoms with Gasteiger partial charge in [-0.25, -0.2) is 22.5 Å². The van der Waals surface area contributed by atoms with E-state index in [0.29, 0.717) is 17.1 Å². The summed E-state index contributed by atoms with van der Waals surface area (Å²) < 4.78 is 35.7. The second kappa shape index (κ2) is 9.01. The Balaban J connectivity index is 2.11.